The first-order valence-electron chi connectivity index (χ1n) is 12.5. The summed E-state index contributed by atoms with van der Waals surface area (Å²) < 4.78 is 10.6. The lowest BCUT2D eigenvalue weighted by molar-refractivity contribution is 0.0932. The van der Waals surface area contributed by atoms with Crippen molar-refractivity contribution in [2.24, 2.45) is 4.99 Å². The molecule has 1 amide bonds. The van der Waals surface area contributed by atoms with Crippen LogP contribution in [0.15, 0.2) is 59.6 Å². The summed E-state index contributed by atoms with van der Waals surface area (Å²) in [6.45, 7) is 4.52. The van der Waals surface area contributed by atoms with Crippen LogP contribution < -0.4 is 15.4 Å². The molecule has 8 heteroatoms. The molecular weight excluding hydrogens is 454 g/mol. The van der Waals surface area contributed by atoms with Crippen LogP contribution in [0.25, 0.3) is 0 Å². The van der Waals surface area contributed by atoms with Crippen LogP contribution in [0.3, 0.4) is 0 Å². The van der Waals surface area contributed by atoms with E-state index in [1.807, 2.05) is 48.3 Å². The zero-order chi connectivity index (χ0) is 25.8. The number of methoxy groups -OCH3 is 2. The quantitative estimate of drug-likeness (QED) is 0.228. The second kappa shape index (κ2) is 13.5. The minimum absolute atomic E-state index is 0.0965. The largest absolute Gasteiger partial charge is 0.496 e. The van der Waals surface area contributed by atoms with Gasteiger partial charge in [-0.3, -0.25) is 10.1 Å². The molecule has 2 aromatic rings. The second-order valence-electron chi connectivity index (χ2n) is 9.02. The summed E-state index contributed by atoms with van der Waals surface area (Å²) in [5, 5.41) is 15.2. The number of nitriles is 1. The molecular formula is C28H37N5O3. The van der Waals surface area contributed by atoms with Crippen LogP contribution in [0.4, 0.5) is 0 Å². The lowest BCUT2D eigenvalue weighted by atomic mass is 9.68. The minimum Gasteiger partial charge on any atom is -0.496 e. The summed E-state index contributed by atoms with van der Waals surface area (Å²) in [6.07, 6.45) is 5.50. The van der Waals surface area contributed by atoms with Gasteiger partial charge in [0.15, 0.2) is 6.19 Å². The zero-order valence-corrected chi connectivity index (χ0v) is 21.5. The smallest absolute Gasteiger partial charge is 0.255 e. The molecule has 2 aromatic carbocycles. The van der Waals surface area contributed by atoms with E-state index < -0.39 is 0 Å². The van der Waals surface area contributed by atoms with Crippen molar-refractivity contribution >= 4 is 11.9 Å². The predicted octanol–water partition coefficient (Wildman–Crippen LogP) is 3.70. The van der Waals surface area contributed by atoms with Crippen LogP contribution in [0, 0.1) is 11.5 Å². The predicted molar refractivity (Wildman–Crippen MR) is 141 cm³/mol. The fourth-order valence-electron chi connectivity index (χ4n) is 4.85. The van der Waals surface area contributed by atoms with Crippen molar-refractivity contribution < 1.29 is 14.3 Å². The van der Waals surface area contributed by atoms with Gasteiger partial charge in [-0.2, -0.15) is 5.26 Å². The molecule has 0 aromatic heterocycles. The van der Waals surface area contributed by atoms with E-state index in [4.69, 9.17) is 14.5 Å². The number of likely N-dealkylation sites (N-methyl/N-ethyl adjacent to an activating group) is 1. The molecule has 0 aliphatic heterocycles. The number of hydrogen-bond acceptors (Lipinski definition) is 5. The lowest BCUT2D eigenvalue weighted by Gasteiger charge is -2.40. The first-order valence-corrected chi connectivity index (χ1v) is 12.5. The summed E-state index contributed by atoms with van der Waals surface area (Å²) >= 11 is 0. The number of aliphatic imine (C=N–C) groups is 1. The van der Waals surface area contributed by atoms with Crippen molar-refractivity contribution in [2.75, 3.05) is 40.5 Å². The summed E-state index contributed by atoms with van der Waals surface area (Å²) in [6, 6.07) is 17.8. The Labute approximate surface area is 214 Å². The van der Waals surface area contributed by atoms with Gasteiger partial charge in [-0.15, -0.1) is 0 Å². The van der Waals surface area contributed by atoms with Crippen molar-refractivity contribution in [3.8, 4) is 11.9 Å². The van der Waals surface area contributed by atoms with Crippen molar-refractivity contribution in [1.82, 2.24) is 15.5 Å². The number of ether oxygens (including phenoxy) is 2. The summed E-state index contributed by atoms with van der Waals surface area (Å²) in [5.41, 5.74) is 1.57. The molecule has 1 aliphatic rings. The first kappa shape index (κ1) is 27.0. The fraction of sp³-hybridized carbons (Fsp3) is 0.464. The Morgan fingerprint density at radius 2 is 1.83 bits per heavy atom. The average Bonchev–Trinajstić information content (AvgIpc) is 2.93. The van der Waals surface area contributed by atoms with Crippen molar-refractivity contribution in [2.45, 2.75) is 44.1 Å². The SMILES string of the molecule is CCN(CCOC)C(=NC1CCC(CNC(=O)c2ccccc2OC)(c2ccccc2)CC1)NC#N. The van der Waals surface area contributed by atoms with Crippen molar-refractivity contribution in [3.63, 3.8) is 0 Å². The molecule has 1 aliphatic carbocycles. The van der Waals surface area contributed by atoms with Crippen molar-refractivity contribution in [3.05, 3.63) is 65.7 Å². The molecule has 3 rings (SSSR count). The number of carbonyl (C=O) groups excluding carboxylic acids is 1. The maximum atomic E-state index is 13.0. The third-order valence-electron chi connectivity index (χ3n) is 6.96. The Bertz CT molecular complexity index is 1040. The maximum Gasteiger partial charge on any atom is 0.255 e. The second-order valence-corrected chi connectivity index (χ2v) is 9.02. The average molecular weight is 492 g/mol. The molecule has 0 radical (unpaired) electrons. The lowest BCUT2D eigenvalue weighted by Crippen LogP contribution is -2.45. The number of guanidine groups is 1. The van der Waals surface area contributed by atoms with Gasteiger partial charge in [-0.25, -0.2) is 4.99 Å². The van der Waals surface area contributed by atoms with E-state index in [-0.39, 0.29) is 17.4 Å². The highest BCUT2D eigenvalue weighted by atomic mass is 16.5. The molecule has 192 valence electrons. The number of para-hydroxylation sites is 1. The van der Waals surface area contributed by atoms with Crippen LogP contribution in [0.5, 0.6) is 5.75 Å². The monoisotopic (exact) mass is 491 g/mol. The van der Waals surface area contributed by atoms with Gasteiger partial charge in [-0.05, 0) is 50.3 Å². The van der Waals surface area contributed by atoms with Gasteiger partial charge in [0.1, 0.15) is 5.75 Å². The van der Waals surface area contributed by atoms with Gasteiger partial charge in [0.25, 0.3) is 5.91 Å². The number of amides is 1. The Balaban J connectivity index is 1.76. The van der Waals surface area contributed by atoms with E-state index in [1.165, 1.54) is 5.56 Å². The molecule has 8 nitrogen and oxygen atoms in total. The third-order valence-corrected chi connectivity index (χ3v) is 6.96. The van der Waals surface area contributed by atoms with Crippen molar-refractivity contribution in [1.29, 1.82) is 5.26 Å². The molecule has 0 bridgehead atoms. The maximum absolute atomic E-state index is 13.0. The Kier molecular flexibility index (Phi) is 10.1. The molecule has 0 spiro atoms. The molecule has 1 saturated carbocycles. The van der Waals surface area contributed by atoms with Crippen LogP contribution in [-0.4, -0.2) is 63.3 Å². The minimum atomic E-state index is -0.186. The number of benzene rings is 2. The van der Waals surface area contributed by atoms with E-state index in [1.54, 1.807) is 26.4 Å². The molecule has 0 heterocycles. The standard InChI is InChI=1S/C28H37N5O3/c1-4-33(18-19-35-2)27(31-21-29)32-23-14-16-28(17-15-23,22-10-6-5-7-11-22)20-30-26(34)24-12-8-9-13-25(24)36-3/h5-13,23H,4,14-20H2,1-3H3,(H,30,34)(H,31,32). The Morgan fingerprint density at radius 3 is 2.47 bits per heavy atom. The third kappa shape index (κ3) is 6.76. The number of carbonyl (C=O) groups is 1. The highest BCUT2D eigenvalue weighted by Gasteiger charge is 2.37. The number of rotatable bonds is 10. The van der Waals surface area contributed by atoms with Gasteiger partial charge in [0, 0.05) is 32.2 Å². The van der Waals surface area contributed by atoms with E-state index in [9.17, 15) is 10.1 Å². The summed E-state index contributed by atoms with van der Waals surface area (Å²) in [7, 11) is 3.24. The number of nitrogens with zero attached hydrogens (tertiary/aromatic N) is 3. The van der Waals surface area contributed by atoms with Gasteiger partial charge in [0.2, 0.25) is 5.96 Å². The first-order chi connectivity index (χ1) is 17.6. The van der Waals surface area contributed by atoms with E-state index in [2.05, 4.69) is 22.8 Å². The van der Waals surface area contributed by atoms with Gasteiger partial charge in [0.05, 0.1) is 25.3 Å². The molecule has 1 fully saturated rings. The molecule has 0 atom stereocenters. The van der Waals surface area contributed by atoms with Crippen LogP contribution in [0.2, 0.25) is 0 Å². The van der Waals surface area contributed by atoms with E-state index >= 15 is 0 Å². The Morgan fingerprint density at radius 1 is 1.14 bits per heavy atom. The summed E-state index contributed by atoms with van der Waals surface area (Å²) in [4.78, 5) is 20.0. The zero-order valence-electron chi connectivity index (χ0n) is 21.5. The molecule has 0 saturated heterocycles. The Hall–Kier alpha value is -3.57. The normalized spacial score (nSPS) is 19.7. The van der Waals surface area contributed by atoms with Gasteiger partial charge in [-0.1, -0.05) is 42.5 Å². The summed E-state index contributed by atoms with van der Waals surface area (Å²) in [5.74, 6) is 1.02. The van der Waals surface area contributed by atoms with Crippen LogP contribution in [-0.2, 0) is 10.2 Å². The van der Waals surface area contributed by atoms with E-state index in [0.717, 1.165) is 32.2 Å². The van der Waals surface area contributed by atoms with Crippen LogP contribution >= 0.6 is 0 Å². The van der Waals surface area contributed by atoms with Gasteiger partial charge < -0.3 is 19.7 Å². The molecule has 36 heavy (non-hydrogen) atoms. The van der Waals surface area contributed by atoms with Gasteiger partial charge >= 0.3 is 0 Å². The number of hydrogen-bond donors (Lipinski definition) is 2. The highest BCUT2D eigenvalue weighted by Crippen LogP contribution is 2.40. The number of nitrogens with one attached hydrogen (secondary N) is 2. The molecule has 2 N–H and O–H groups in total. The molecule has 0 unspecified atom stereocenters. The van der Waals surface area contributed by atoms with Crippen LogP contribution in [0.1, 0.15) is 48.5 Å². The topological polar surface area (TPSA) is 99.0 Å². The fourth-order valence-corrected chi connectivity index (χ4v) is 4.85. The van der Waals surface area contributed by atoms with E-state index in [0.29, 0.717) is 37.0 Å². The highest BCUT2D eigenvalue weighted by molar-refractivity contribution is 5.97.